The Balaban J connectivity index is 1.32. The summed E-state index contributed by atoms with van der Waals surface area (Å²) >= 11 is 1.25. The van der Waals surface area contributed by atoms with E-state index in [2.05, 4.69) is 32.0 Å². The van der Waals surface area contributed by atoms with Gasteiger partial charge in [0.1, 0.15) is 5.82 Å². The summed E-state index contributed by atoms with van der Waals surface area (Å²) in [6.45, 7) is 7.02. The standard InChI is InChI=1S/C23H23N7O3S/c1-2-9-29-21(32)17-5-3-4-6-18(17)30-22(29)26-27-23(30)34-15-20(31)25-16-7-8-19(24-14-16)28-10-12-33-13-11-28/h2-8,14H,1,9-13,15H2,(H,25,31). The fraction of sp³-hybridized carbons (Fsp3) is 0.261. The average Bonchev–Trinajstić information content (AvgIpc) is 3.30. The molecule has 10 nitrogen and oxygen atoms in total. The van der Waals surface area contributed by atoms with Crippen molar-refractivity contribution in [1.82, 2.24) is 24.1 Å². The first-order chi connectivity index (χ1) is 16.7. The van der Waals surface area contributed by atoms with E-state index in [1.165, 1.54) is 16.3 Å². The van der Waals surface area contributed by atoms with Gasteiger partial charge in [0.25, 0.3) is 5.56 Å². The number of nitrogens with one attached hydrogen (secondary N) is 1. The lowest BCUT2D eigenvalue weighted by Gasteiger charge is -2.27. The predicted octanol–water partition coefficient (Wildman–Crippen LogP) is 2.19. The van der Waals surface area contributed by atoms with E-state index in [0.29, 0.717) is 47.3 Å². The lowest BCUT2D eigenvalue weighted by molar-refractivity contribution is -0.113. The van der Waals surface area contributed by atoms with Crippen LogP contribution >= 0.6 is 11.8 Å². The van der Waals surface area contributed by atoms with E-state index in [1.807, 2.05) is 30.3 Å². The van der Waals surface area contributed by atoms with Crippen LogP contribution in [0.5, 0.6) is 0 Å². The number of anilines is 2. The summed E-state index contributed by atoms with van der Waals surface area (Å²) in [5.74, 6) is 1.21. The van der Waals surface area contributed by atoms with Crippen LogP contribution in [0, 0.1) is 0 Å². The highest BCUT2D eigenvalue weighted by Crippen LogP contribution is 2.22. The van der Waals surface area contributed by atoms with Crippen LogP contribution in [0.15, 0.2) is 65.2 Å². The topological polar surface area (TPSA) is 107 Å². The number of thioether (sulfide) groups is 1. The zero-order valence-corrected chi connectivity index (χ0v) is 19.2. The Hall–Kier alpha value is -3.70. The van der Waals surface area contributed by atoms with Crippen LogP contribution in [-0.4, -0.2) is 62.1 Å². The van der Waals surface area contributed by atoms with Gasteiger partial charge in [-0.1, -0.05) is 30.0 Å². The van der Waals surface area contributed by atoms with Gasteiger partial charge in [-0.15, -0.1) is 16.8 Å². The molecule has 5 rings (SSSR count). The fourth-order valence-electron chi connectivity index (χ4n) is 3.89. The smallest absolute Gasteiger partial charge is 0.263 e. The fourth-order valence-corrected chi connectivity index (χ4v) is 4.63. The van der Waals surface area contributed by atoms with Crippen molar-refractivity contribution in [2.45, 2.75) is 11.7 Å². The molecule has 1 aromatic carbocycles. The molecule has 0 unspecified atom stereocenters. The minimum absolute atomic E-state index is 0.126. The first-order valence-corrected chi connectivity index (χ1v) is 11.8. The molecule has 0 radical (unpaired) electrons. The van der Waals surface area contributed by atoms with E-state index < -0.39 is 0 Å². The third-order valence-corrected chi connectivity index (χ3v) is 6.42. The van der Waals surface area contributed by atoms with Gasteiger partial charge in [-0.3, -0.25) is 18.6 Å². The lowest BCUT2D eigenvalue weighted by Crippen LogP contribution is -2.36. The second kappa shape index (κ2) is 9.65. The molecule has 0 spiro atoms. The number of carbonyl (C=O) groups is 1. The first kappa shape index (κ1) is 22.1. The summed E-state index contributed by atoms with van der Waals surface area (Å²) < 4.78 is 8.69. The zero-order valence-electron chi connectivity index (χ0n) is 18.4. The van der Waals surface area contributed by atoms with Gasteiger partial charge in [-0.2, -0.15) is 0 Å². The number of carbonyl (C=O) groups excluding carboxylic acids is 1. The maximum absolute atomic E-state index is 12.9. The molecule has 0 bridgehead atoms. The van der Waals surface area contributed by atoms with E-state index in [0.717, 1.165) is 18.9 Å². The normalized spacial score (nSPS) is 13.9. The highest BCUT2D eigenvalue weighted by Gasteiger charge is 2.17. The molecule has 4 heterocycles. The van der Waals surface area contributed by atoms with Crippen LogP contribution in [0.4, 0.5) is 11.5 Å². The molecule has 174 valence electrons. The Morgan fingerprint density at radius 1 is 1.18 bits per heavy atom. The first-order valence-electron chi connectivity index (χ1n) is 10.8. The minimum Gasteiger partial charge on any atom is -0.378 e. The lowest BCUT2D eigenvalue weighted by atomic mass is 10.2. The van der Waals surface area contributed by atoms with Gasteiger partial charge in [-0.25, -0.2) is 4.98 Å². The number of benzene rings is 1. The molecule has 1 saturated heterocycles. The number of aromatic nitrogens is 5. The van der Waals surface area contributed by atoms with Crippen molar-refractivity contribution in [3.63, 3.8) is 0 Å². The molecule has 3 aromatic heterocycles. The molecule has 4 aromatic rings. The molecule has 1 aliphatic heterocycles. The van der Waals surface area contributed by atoms with Gasteiger partial charge in [0.2, 0.25) is 11.7 Å². The summed E-state index contributed by atoms with van der Waals surface area (Å²) in [5, 5.41) is 12.4. The molecule has 1 aliphatic rings. The number of hydrogen-bond acceptors (Lipinski definition) is 8. The summed E-state index contributed by atoms with van der Waals surface area (Å²) in [6, 6.07) is 11.0. The Labute approximate surface area is 199 Å². The van der Waals surface area contributed by atoms with Gasteiger partial charge < -0.3 is 15.0 Å². The van der Waals surface area contributed by atoms with E-state index >= 15 is 0 Å². The van der Waals surface area contributed by atoms with Gasteiger partial charge in [0.05, 0.1) is 41.8 Å². The van der Waals surface area contributed by atoms with E-state index in [-0.39, 0.29) is 17.2 Å². The number of rotatable bonds is 7. The van der Waals surface area contributed by atoms with Crippen molar-refractivity contribution < 1.29 is 9.53 Å². The van der Waals surface area contributed by atoms with Crippen LogP contribution in [-0.2, 0) is 16.1 Å². The number of ether oxygens (including phenoxy) is 1. The Morgan fingerprint density at radius 3 is 2.76 bits per heavy atom. The summed E-state index contributed by atoms with van der Waals surface area (Å²) in [5.41, 5.74) is 1.16. The number of fused-ring (bicyclic) bond motifs is 3. The third-order valence-electron chi connectivity index (χ3n) is 5.49. The maximum Gasteiger partial charge on any atom is 0.263 e. The van der Waals surface area contributed by atoms with Crippen molar-refractivity contribution in [2.75, 3.05) is 42.3 Å². The van der Waals surface area contributed by atoms with Crippen molar-refractivity contribution >= 4 is 45.9 Å². The predicted molar refractivity (Wildman–Crippen MR) is 132 cm³/mol. The molecule has 1 amide bonds. The molecule has 0 atom stereocenters. The average molecular weight is 478 g/mol. The van der Waals surface area contributed by atoms with E-state index in [9.17, 15) is 9.59 Å². The van der Waals surface area contributed by atoms with Gasteiger partial charge >= 0.3 is 0 Å². The Kier molecular flexibility index (Phi) is 6.28. The third kappa shape index (κ3) is 4.27. The van der Waals surface area contributed by atoms with Gasteiger partial charge in [-0.05, 0) is 24.3 Å². The quantitative estimate of drug-likeness (QED) is 0.319. The summed E-state index contributed by atoms with van der Waals surface area (Å²) in [7, 11) is 0. The van der Waals surface area contributed by atoms with E-state index in [1.54, 1.807) is 22.7 Å². The van der Waals surface area contributed by atoms with Crippen LogP contribution in [0.2, 0.25) is 0 Å². The minimum atomic E-state index is -0.189. The molecule has 1 fully saturated rings. The summed E-state index contributed by atoms with van der Waals surface area (Å²) in [6.07, 6.45) is 3.30. The molecule has 34 heavy (non-hydrogen) atoms. The number of nitrogens with zero attached hydrogens (tertiary/aromatic N) is 6. The largest absolute Gasteiger partial charge is 0.378 e. The number of hydrogen-bond donors (Lipinski definition) is 1. The van der Waals surface area contributed by atoms with Crippen LogP contribution in [0.25, 0.3) is 16.7 Å². The van der Waals surface area contributed by atoms with E-state index in [4.69, 9.17) is 4.74 Å². The SMILES string of the molecule is C=CCn1c(=O)c2ccccc2n2c(SCC(=O)Nc3ccc(N4CCOCC4)nc3)nnc12. The highest BCUT2D eigenvalue weighted by atomic mass is 32.2. The zero-order chi connectivity index (χ0) is 23.5. The molecule has 0 saturated carbocycles. The highest BCUT2D eigenvalue weighted by molar-refractivity contribution is 7.99. The maximum atomic E-state index is 12.9. The van der Waals surface area contributed by atoms with Crippen molar-refractivity contribution in [2.24, 2.45) is 0 Å². The monoisotopic (exact) mass is 477 g/mol. The Bertz CT molecular complexity index is 1410. The molecule has 11 heteroatoms. The molecule has 0 aliphatic carbocycles. The van der Waals surface area contributed by atoms with Crippen LogP contribution in [0.3, 0.4) is 0 Å². The summed E-state index contributed by atoms with van der Waals surface area (Å²) in [4.78, 5) is 32.1. The van der Waals surface area contributed by atoms with Gasteiger partial charge in [0, 0.05) is 19.6 Å². The second-order valence-electron chi connectivity index (χ2n) is 7.68. The van der Waals surface area contributed by atoms with Crippen LogP contribution in [0.1, 0.15) is 0 Å². The number of morpholine rings is 1. The molecular formula is C23H23N7O3S. The molecule has 1 N–H and O–H groups in total. The number of pyridine rings is 1. The van der Waals surface area contributed by atoms with Crippen molar-refractivity contribution in [3.8, 4) is 0 Å². The molecular weight excluding hydrogens is 454 g/mol. The van der Waals surface area contributed by atoms with Gasteiger partial charge in [0.15, 0.2) is 5.16 Å². The van der Waals surface area contributed by atoms with Crippen molar-refractivity contribution in [3.05, 3.63) is 65.6 Å². The Morgan fingerprint density at radius 2 is 2.00 bits per heavy atom. The van der Waals surface area contributed by atoms with Crippen molar-refractivity contribution in [1.29, 1.82) is 0 Å². The number of para-hydroxylation sites is 1. The van der Waals surface area contributed by atoms with Crippen LogP contribution < -0.4 is 15.8 Å². The number of amides is 1. The number of allylic oxidation sites excluding steroid dienone is 1. The second-order valence-corrected chi connectivity index (χ2v) is 8.62.